The van der Waals surface area contributed by atoms with Crippen LogP contribution in [0.15, 0.2) is 24.4 Å². The molecule has 1 fully saturated rings. The highest BCUT2D eigenvalue weighted by atomic mass is 19.4. The molecular weight excluding hydrogens is 473 g/mol. The van der Waals surface area contributed by atoms with Crippen molar-refractivity contribution in [1.82, 2.24) is 9.97 Å². The van der Waals surface area contributed by atoms with Crippen LogP contribution in [0.3, 0.4) is 0 Å². The number of ether oxygens (including phenoxy) is 2. The summed E-state index contributed by atoms with van der Waals surface area (Å²) in [5.41, 5.74) is -4.04. The molecule has 2 aromatic rings. The topological polar surface area (TPSA) is 125 Å². The minimum atomic E-state index is -5.30. The number of benzene rings is 1. The first-order valence-electron chi connectivity index (χ1n) is 9.02. The van der Waals surface area contributed by atoms with Crippen LogP contribution in [0.5, 0.6) is 5.75 Å². The molecule has 3 rings (SSSR count). The summed E-state index contributed by atoms with van der Waals surface area (Å²) in [6, 6.07) is 1.09. The minimum Gasteiger partial charge on any atom is -0.458 e. The number of rotatable bonds is 4. The second-order valence-corrected chi connectivity index (χ2v) is 6.91. The van der Waals surface area contributed by atoms with Gasteiger partial charge in [-0.05, 0) is 18.2 Å². The number of aliphatic hydroxyl groups is 4. The third-order valence-electron chi connectivity index (χ3n) is 4.64. The average molecular weight is 488 g/mol. The first kappa shape index (κ1) is 25.0. The lowest BCUT2D eigenvalue weighted by Gasteiger charge is -2.39. The van der Waals surface area contributed by atoms with Crippen molar-refractivity contribution < 1.29 is 60.6 Å². The largest absolute Gasteiger partial charge is 0.458 e. The smallest absolute Gasteiger partial charge is 0.433 e. The third-order valence-corrected chi connectivity index (χ3v) is 4.64. The van der Waals surface area contributed by atoms with Crippen LogP contribution in [-0.2, 0) is 17.1 Å². The fraction of sp³-hybridized carbons (Fsp3) is 0.444. The molecule has 0 spiro atoms. The zero-order valence-electron chi connectivity index (χ0n) is 16.0. The van der Waals surface area contributed by atoms with Crippen molar-refractivity contribution in [2.75, 3.05) is 6.61 Å². The predicted octanol–water partition coefficient (Wildman–Crippen LogP) is 1.50. The maximum atomic E-state index is 14.7. The molecule has 182 valence electrons. The first-order valence-corrected chi connectivity index (χ1v) is 9.02. The van der Waals surface area contributed by atoms with E-state index in [2.05, 4.69) is 9.97 Å². The quantitative estimate of drug-likeness (QED) is 0.478. The van der Waals surface area contributed by atoms with E-state index in [-0.39, 0.29) is 6.07 Å². The number of aromatic nitrogens is 2. The zero-order valence-corrected chi connectivity index (χ0v) is 16.0. The van der Waals surface area contributed by atoms with Crippen molar-refractivity contribution in [3.8, 4) is 17.1 Å². The molecule has 1 aliphatic heterocycles. The van der Waals surface area contributed by atoms with Crippen molar-refractivity contribution in [3.05, 3.63) is 41.5 Å². The van der Waals surface area contributed by atoms with E-state index >= 15 is 0 Å². The molecule has 1 aromatic heterocycles. The highest BCUT2D eigenvalue weighted by Crippen LogP contribution is 2.41. The average Bonchev–Trinajstić information content (AvgIpc) is 2.73. The standard InChI is InChI=1S/C18H15F7N2O6/c19-8-4-6(15-26-2-1-10(27-15)18(23,24)25)3-7(17(20,21)22)14(8)33-16-13(31)12(30)11(29)9(5-28)32-16/h1-4,9,11-13,16,28-31H,5H2/t9-,11-,12+,13+,16-/m1/s1. The Morgan fingerprint density at radius 2 is 1.64 bits per heavy atom. The van der Waals surface area contributed by atoms with Crippen molar-refractivity contribution in [3.63, 3.8) is 0 Å². The second kappa shape index (κ2) is 8.98. The van der Waals surface area contributed by atoms with E-state index in [0.29, 0.717) is 18.3 Å². The summed E-state index contributed by atoms with van der Waals surface area (Å²) in [5.74, 6) is -4.09. The van der Waals surface area contributed by atoms with E-state index in [4.69, 9.17) is 14.6 Å². The molecular formula is C18H15F7N2O6. The van der Waals surface area contributed by atoms with Gasteiger partial charge >= 0.3 is 12.4 Å². The number of aliphatic hydroxyl groups excluding tert-OH is 4. The summed E-state index contributed by atoms with van der Waals surface area (Å²) >= 11 is 0. The number of nitrogens with zero attached hydrogens (tertiary/aromatic N) is 2. The molecule has 0 bridgehead atoms. The molecule has 5 atom stereocenters. The number of hydrogen-bond acceptors (Lipinski definition) is 8. The van der Waals surface area contributed by atoms with Gasteiger partial charge in [-0.1, -0.05) is 0 Å². The number of hydrogen-bond donors (Lipinski definition) is 4. The van der Waals surface area contributed by atoms with Gasteiger partial charge in [-0.25, -0.2) is 14.4 Å². The fourth-order valence-corrected chi connectivity index (χ4v) is 2.99. The van der Waals surface area contributed by atoms with Crippen LogP contribution in [-0.4, -0.2) is 67.7 Å². The SMILES string of the molecule is OC[C@H]1O[C@H](Oc2c(F)cc(-c3nccc(C(F)(F)F)n3)cc2C(F)(F)F)[C@@H](O)[C@@H](O)[C@@H]1O. The second-order valence-electron chi connectivity index (χ2n) is 6.91. The van der Waals surface area contributed by atoms with Crippen molar-refractivity contribution in [1.29, 1.82) is 0 Å². The van der Waals surface area contributed by atoms with E-state index in [1.54, 1.807) is 0 Å². The third kappa shape index (κ3) is 5.16. The Morgan fingerprint density at radius 1 is 0.970 bits per heavy atom. The maximum absolute atomic E-state index is 14.7. The van der Waals surface area contributed by atoms with Gasteiger partial charge in [-0.3, -0.25) is 0 Å². The van der Waals surface area contributed by atoms with Crippen LogP contribution >= 0.6 is 0 Å². The Hall–Kier alpha value is -2.59. The highest BCUT2D eigenvalue weighted by Gasteiger charge is 2.46. The zero-order chi connectivity index (χ0) is 24.7. The Morgan fingerprint density at radius 3 is 2.21 bits per heavy atom. The Kier molecular flexibility index (Phi) is 6.82. The van der Waals surface area contributed by atoms with Crippen LogP contribution in [0.4, 0.5) is 30.7 Å². The van der Waals surface area contributed by atoms with Crippen molar-refractivity contribution >= 4 is 0 Å². The van der Waals surface area contributed by atoms with Crippen LogP contribution in [0.1, 0.15) is 11.3 Å². The molecule has 0 aliphatic carbocycles. The molecule has 15 heteroatoms. The van der Waals surface area contributed by atoms with Gasteiger partial charge in [-0.15, -0.1) is 0 Å². The van der Waals surface area contributed by atoms with Gasteiger partial charge in [0.15, 0.2) is 17.4 Å². The molecule has 4 N–H and O–H groups in total. The summed E-state index contributed by atoms with van der Waals surface area (Å²) < 4.78 is 104. The summed E-state index contributed by atoms with van der Waals surface area (Å²) in [7, 11) is 0. The Balaban J connectivity index is 2.04. The molecule has 1 aromatic carbocycles. The van der Waals surface area contributed by atoms with Gasteiger partial charge in [0.25, 0.3) is 0 Å². The van der Waals surface area contributed by atoms with E-state index in [1.165, 1.54) is 0 Å². The van der Waals surface area contributed by atoms with E-state index in [1.807, 2.05) is 0 Å². The lowest BCUT2D eigenvalue weighted by atomic mass is 9.99. The number of halogens is 7. The van der Waals surface area contributed by atoms with Gasteiger partial charge in [-0.2, -0.15) is 26.3 Å². The van der Waals surface area contributed by atoms with Gasteiger partial charge in [0.2, 0.25) is 6.29 Å². The van der Waals surface area contributed by atoms with E-state index < -0.39 is 83.9 Å². The normalized spacial score (nSPS) is 26.3. The Bertz CT molecular complexity index is 1000. The van der Waals surface area contributed by atoms with Gasteiger partial charge in [0.1, 0.15) is 35.7 Å². The van der Waals surface area contributed by atoms with Gasteiger partial charge < -0.3 is 29.9 Å². The lowest BCUT2D eigenvalue weighted by molar-refractivity contribution is -0.278. The summed E-state index contributed by atoms with van der Waals surface area (Å²) in [5, 5.41) is 38.5. The molecule has 0 saturated carbocycles. The fourth-order valence-electron chi connectivity index (χ4n) is 2.99. The van der Waals surface area contributed by atoms with Crippen molar-refractivity contribution in [2.24, 2.45) is 0 Å². The van der Waals surface area contributed by atoms with E-state index in [9.17, 15) is 46.1 Å². The van der Waals surface area contributed by atoms with Crippen LogP contribution < -0.4 is 4.74 Å². The van der Waals surface area contributed by atoms with E-state index in [0.717, 1.165) is 0 Å². The summed E-state index contributed by atoms with van der Waals surface area (Å²) in [6.07, 6.45) is -19.3. The van der Waals surface area contributed by atoms with Crippen molar-refractivity contribution in [2.45, 2.75) is 43.1 Å². The molecule has 2 heterocycles. The molecule has 1 saturated heterocycles. The number of alkyl halides is 6. The minimum absolute atomic E-state index is 0.234. The van der Waals surface area contributed by atoms with Gasteiger partial charge in [0, 0.05) is 11.8 Å². The van der Waals surface area contributed by atoms with Crippen LogP contribution in [0.2, 0.25) is 0 Å². The lowest BCUT2D eigenvalue weighted by Crippen LogP contribution is -2.60. The van der Waals surface area contributed by atoms with Crippen LogP contribution in [0, 0.1) is 5.82 Å². The molecule has 8 nitrogen and oxygen atoms in total. The predicted molar refractivity (Wildman–Crippen MR) is 91.8 cm³/mol. The highest BCUT2D eigenvalue weighted by molar-refractivity contribution is 5.60. The molecule has 1 aliphatic rings. The Labute approximate surface area is 179 Å². The maximum Gasteiger partial charge on any atom is 0.433 e. The summed E-state index contributed by atoms with van der Waals surface area (Å²) in [6.45, 7) is -0.925. The van der Waals surface area contributed by atoms with Gasteiger partial charge in [0.05, 0.1) is 6.61 Å². The molecule has 33 heavy (non-hydrogen) atoms. The first-order chi connectivity index (χ1) is 15.2. The summed E-state index contributed by atoms with van der Waals surface area (Å²) in [4.78, 5) is 6.56. The molecule has 0 unspecified atom stereocenters. The molecule has 0 amide bonds. The van der Waals surface area contributed by atoms with Crippen LogP contribution in [0.25, 0.3) is 11.4 Å². The molecule has 0 radical (unpaired) electrons. The monoisotopic (exact) mass is 488 g/mol.